The van der Waals surface area contributed by atoms with E-state index < -0.39 is 10.0 Å². The molecule has 0 saturated heterocycles. The molecule has 0 aliphatic carbocycles. The van der Waals surface area contributed by atoms with Crippen molar-refractivity contribution in [2.75, 3.05) is 10.8 Å². The zero-order valence-electron chi connectivity index (χ0n) is 20.1. The van der Waals surface area contributed by atoms with Crippen molar-refractivity contribution in [3.8, 4) is 11.4 Å². The summed E-state index contributed by atoms with van der Waals surface area (Å²) in [5, 5.41) is 17.2. The predicted molar refractivity (Wildman–Crippen MR) is 138 cm³/mol. The standard InChI is InChI=1S/C25H32ClN5O2S/c1-5-6-14-31(34(32,33)21-10-8-7-9-11-21)24-13-12-20(26)16-22(24)25-29-28-17-30(25)19(4)15-23(27)18(2)3/h7-13,16-19,27H,5-6,14-15H2,1-4H3. The van der Waals surface area contributed by atoms with Crippen molar-refractivity contribution in [3.63, 3.8) is 0 Å². The number of anilines is 1. The summed E-state index contributed by atoms with van der Waals surface area (Å²) >= 11 is 6.37. The number of hydrogen-bond acceptors (Lipinski definition) is 5. The maximum Gasteiger partial charge on any atom is 0.264 e. The Morgan fingerprint density at radius 1 is 1.15 bits per heavy atom. The molecule has 7 nitrogen and oxygen atoms in total. The first-order chi connectivity index (χ1) is 16.2. The van der Waals surface area contributed by atoms with Gasteiger partial charge in [0.2, 0.25) is 0 Å². The number of aromatic nitrogens is 3. The highest BCUT2D eigenvalue weighted by atomic mass is 35.5. The van der Waals surface area contributed by atoms with Crippen LogP contribution in [-0.4, -0.2) is 35.4 Å². The van der Waals surface area contributed by atoms with E-state index in [9.17, 15) is 8.42 Å². The third kappa shape index (κ3) is 5.67. The van der Waals surface area contributed by atoms with Crippen LogP contribution in [0.4, 0.5) is 5.69 Å². The number of benzene rings is 2. The summed E-state index contributed by atoms with van der Waals surface area (Å²) in [6, 6.07) is 13.5. The molecule has 1 unspecified atom stereocenters. The fourth-order valence-electron chi connectivity index (χ4n) is 3.71. The molecule has 2 aromatic carbocycles. The van der Waals surface area contributed by atoms with Gasteiger partial charge in [0.1, 0.15) is 6.33 Å². The number of rotatable bonds is 11. The minimum Gasteiger partial charge on any atom is -0.310 e. The molecular weight excluding hydrogens is 470 g/mol. The Balaban J connectivity index is 2.13. The van der Waals surface area contributed by atoms with Crippen molar-refractivity contribution < 1.29 is 8.42 Å². The van der Waals surface area contributed by atoms with E-state index in [1.54, 1.807) is 54.9 Å². The van der Waals surface area contributed by atoms with Crippen molar-refractivity contribution in [1.29, 1.82) is 5.41 Å². The molecule has 0 bridgehead atoms. The van der Waals surface area contributed by atoms with Crippen LogP contribution in [0.3, 0.4) is 0 Å². The first kappa shape index (κ1) is 25.9. The van der Waals surface area contributed by atoms with Crippen LogP contribution in [0.15, 0.2) is 59.8 Å². The maximum absolute atomic E-state index is 13.7. The molecule has 0 aliphatic rings. The molecule has 0 fully saturated rings. The number of nitrogens with zero attached hydrogens (tertiary/aromatic N) is 4. The second-order valence-corrected chi connectivity index (χ2v) is 11.0. The second kappa shape index (κ2) is 11.1. The third-order valence-electron chi connectivity index (χ3n) is 5.77. The maximum atomic E-state index is 13.7. The van der Waals surface area contributed by atoms with E-state index in [4.69, 9.17) is 17.0 Å². The molecule has 3 aromatic rings. The van der Waals surface area contributed by atoms with Crippen LogP contribution in [0.1, 0.15) is 53.0 Å². The van der Waals surface area contributed by atoms with Crippen molar-refractivity contribution in [1.82, 2.24) is 14.8 Å². The van der Waals surface area contributed by atoms with Gasteiger partial charge < -0.3 is 9.98 Å². The summed E-state index contributed by atoms with van der Waals surface area (Å²) in [6.07, 6.45) is 3.71. The molecule has 34 heavy (non-hydrogen) atoms. The SMILES string of the molecule is CCCCN(c1ccc(Cl)cc1-c1nncn1C(C)CC(=N)C(C)C)S(=O)(=O)c1ccccc1. The largest absolute Gasteiger partial charge is 0.310 e. The molecule has 1 N–H and O–H groups in total. The van der Waals surface area contributed by atoms with Gasteiger partial charge in [-0.3, -0.25) is 4.31 Å². The normalized spacial score (nSPS) is 12.6. The molecule has 0 saturated carbocycles. The van der Waals surface area contributed by atoms with E-state index in [2.05, 4.69) is 10.2 Å². The Morgan fingerprint density at radius 2 is 1.85 bits per heavy atom. The van der Waals surface area contributed by atoms with Gasteiger partial charge in [-0.2, -0.15) is 0 Å². The predicted octanol–water partition coefficient (Wildman–Crippen LogP) is 6.22. The van der Waals surface area contributed by atoms with E-state index in [1.807, 2.05) is 32.3 Å². The van der Waals surface area contributed by atoms with Crippen molar-refractivity contribution in [3.05, 3.63) is 59.9 Å². The quantitative estimate of drug-likeness (QED) is 0.315. The average molecular weight is 502 g/mol. The van der Waals surface area contributed by atoms with Gasteiger partial charge in [-0.15, -0.1) is 10.2 Å². The highest BCUT2D eigenvalue weighted by molar-refractivity contribution is 7.92. The Hall–Kier alpha value is -2.71. The van der Waals surface area contributed by atoms with Gasteiger partial charge in [-0.1, -0.05) is 57.0 Å². The lowest BCUT2D eigenvalue weighted by Crippen LogP contribution is -2.32. The summed E-state index contributed by atoms with van der Waals surface area (Å²) in [5.74, 6) is 0.663. The Bertz CT molecular complexity index is 1230. The fourth-order valence-corrected chi connectivity index (χ4v) is 5.42. The van der Waals surface area contributed by atoms with Crippen LogP contribution in [0.5, 0.6) is 0 Å². The van der Waals surface area contributed by atoms with Gasteiger partial charge in [-0.05, 0) is 49.6 Å². The summed E-state index contributed by atoms with van der Waals surface area (Å²) < 4.78 is 30.7. The first-order valence-electron chi connectivity index (χ1n) is 11.5. The van der Waals surface area contributed by atoms with Gasteiger partial charge in [0.15, 0.2) is 5.82 Å². The molecule has 3 rings (SSSR count). The van der Waals surface area contributed by atoms with Gasteiger partial charge in [-0.25, -0.2) is 8.42 Å². The second-order valence-electron chi connectivity index (χ2n) is 8.70. The highest BCUT2D eigenvalue weighted by Crippen LogP contribution is 2.36. The lowest BCUT2D eigenvalue weighted by molar-refractivity contribution is 0.559. The number of unbranched alkanes of at least 4 members (excludes halogenated alkanes) is 1. The summed E-state index contributed by atoms with van der Waals surface area (Å²) in [5.41, 5.74) is 1.72. The van der Waals surface area contributed by atoms with Crippen LogP contribution in [0.2, 0.25) is 5.02 Å². The van der Waals surface area contributed by atoms with Crippen LogP contribution in [0.25, 0.3) is 11.4 Å². The molecule has 1 aromatic heterocycles. The average Bonchev–Trinajstić information content (AvgIpc) is 3.30. The zero-order chi connectivity index (χ0) is 24.9. The van der Waals surface area contributed by atoms with Crippen molar-refractivity contribution in [2.24, 2.45) is 5.92 Å². The Labute approximate surface area is 207 Å². The third-order valence-corrected chi connectivity index (χ3v) is 7.84. The number of nitrogens with one attached hydrogen (secondary N) is 1. The van der Waals surface area contributed by atoms with Gasteiger partial charge in [0, 0.05) is 35.3 Å². The molecule has 0 spiro atoms. The van der Waals surface area contributed by atoms with Crippen LogP contribution < -0.4 is 4.31 Å². The summed E-state index contributed by atoms with van der Waals surface area (Å²) in [6.45, 7) is 8.35. The lowest BCUT2D eigenvalue weighted by Gasteiger charge is -2.27. The highest BCUT2D eigenvalue weighted by Gasteiger charge is 2.28. The summed E-state index contributed by atoms with van der Waals surface area (Å²) in [7, 11) is -3.82. The van der Waals surface area contributed by atoms with E-state index in [0.717, 1.165) is 6.42 Å². The van der Waals surface area contributed by atoms with Gasteiger partial charge >= 0.3 is 0 Å². The molecule has 0 aliphatic heterocycles. The molecule has 1 atom stereocenters. The molecule has 0 radical (unpaired) electrons. The topological polar surface area (TPSA) is 91.9 Å². The Morgan fingerprint density at radius 3 is 2.50 bits per heavy atom. The Kier molecular flexibility index (Phi) is 8.49. The number of sulfonamides is 1. The van der Waals surface area contributed by atoms with Crippen molar-refractivity contribution in [2.45, 2.75) is 57.9 Å². The minimum atomic E-state index is -3.82. The van der Waals surface area contributed by atoms with E-state index in [0.29, 0.717) is 47.2 Å². The minimum absolute atomic E-state index is 0.0819. The van der Waals surface area contributed by atoms with Crippen LogP contribution in [0, 0.1) is 11.3 Å². The molecule has 9 heteroatoms. The number of hydrogen-bond donors (Lipinski definition) is 1. The monoisotopic (exact) mass is 501 g/mol. The van der Waals surface area contributed by atoms with Crippen molar-refractivity contribution >= 4 is 33.0 Å². The summed E-state index contributed by atoms with van der Waals surface area (Å²) in [4.78, 5) is 0.229. The van der Waals surface area contributed by atoms with Gasteiger partial charge in [0.05, 0.1) is 10.6 Å². The molecule has 0 amide bonds. The molecule has 1 heterocycles. The first-order valence-corrected chi connectivity index (χ1v) is 13.3. The van der Waals surface area contributed by atoms with Crippen LogP contribution >= 0.6 is 11.6 Å². The van der Waals surface area contributed by atoms with E-state index in [-0.39, 0.29) is 16.9 Å². The molecular formula is C25H32ClN5O2S. The lowest BCUT2D eigenvalue weighted by atomic mass is 10.0. The smallest absolute Gasteiger partial charge is 0.264 e. The zero-order valence-corrected chi connectivity index (χ0v) is 21.6. The number of halogens is 1. The fraction of sp³-hybridized carbons (Fsp3) is 0.400. The molecule has 182 valence electrons. The van der Waals surface area contributed by atoms with Gasteiger partial charge in [0.25, 0.3) is 10.0 Å². The van der Waals surface area contributed by atoms with E-state index >= 15 is 0 Å². The van der Waals surface area contributed by atoms with Crippen LogP contribution in [-0.2, 0) is 10.0 Å². The van der Waals surface area contributed by atoms with E-state index in [1.165, 1.54) is 4.31 Å².